The Labute approximate surface area is 230 Å². The second-order valence-electron chi connectivity index (χ2n) is 9.38. The van der Waals surface area contributed by atoms with Crippen molar-refractivity contribution in [3.05, 3.63) is 94.7 Å². The average molecular weight is 554 g/mol. The minimum absolute atomic E-state index is 0.229. The maximum atomic E-state index is 13.6. The Morgan fingerprint density at radius 2 is 1.65 bits per heavy atom. The third-order valence-electron chi connectivity index (χ3n) is 6.51. The fourth-order valence-electron chi connectivity index (χ4n) is 4.59. The summed E-state index contributed by atoms with van der Waals surface area (Å²) < 4.78 is 55.9. The summed E-state index contributed by atoms with van der Waals surface area (Å²) in [5.74, 6) is -0.629. The number of esters is 1. The molecule has 1 aromatic heterocycles. The largest absolute Gasteiger partial charge is 0.573 e. The predicted octanol–water partition coefficient (Wildman–Crippen LogP) is 7.16. The summed E-state index contributed by atoms with van der Waals surface area (Å²) >= 11 is 0. The number of aromatic nitrogens is 1. The fourth-order valence-corrected chi connectivity index (χ4v) is 4.59. The number of ether oxygens (including phenoxy) is 3. The van der Waals surface area contributed by atoms with Gasteiger partial charge in [0, 0.05) is 29.3 Å². The number of hydrogen-bond acceptors (Lipinski definition) is 5. The SMILES string of the molecule is CCOC(=O)C(CC)Oc1cccc(Cn2c(C)c(C(=O)c3ccc(C)cc3)c3ccc(OC(F)(F)F)cc32)c1. The second-order valence-corrected chi connectivity index (χ2v) is 9.38. The molecule has 9 heteroatoms. The predicted molar refractivity (Wildman–Crippen MR) is 145 cm³/mol. The molecule has 40 heavy (non-hydrogen) atoms. The molecule has 210 valence electrons. The molecule has 0 amide bonds. The van der Waals surface area contributed by atoms with Gasteiger partial charge in [-0.15, -0.1) is 13.2 Å². The van der Waals surface area contributed by atoms with E-state index >= 15 is 0 Å². The molecule has 0 radical (unpaired) electrons. The summed E-state index contributed by atoms with van der Waals surface area (Å²) in [5, 5.41) is 0.512. The molecule has 0 N–H and O–H groups in total. The highest BCUT2D eigenvalue weighted by atomic mass is 19.4. The van der Waals surface area contributed by atoms with Gasteiger partial charge in [0.1, 0.15) is 11.5 Å². The Balaban J connectivity index is 1.76. The Morgan fingerprint density at radius 3 is 2.30 bits per heavy atom. The molecule has 0 fully saturated rings. The van der Waals surface area contributed by atoms with Gasteiger partial charge in [-0.1, -0.05) is 48.9 Å². The van der Waals surface area contributed by atoms with E-state index in [1.54, 1.807) is 48.7 Å². The highest BCUT2D eigenvalue weighted by Gasteiger charge is 2.32. The molecule has 1 unspecified atom stereocenters. The van der Waals surface area contributed by atoms with Gasteiger partial charge in [0.25, 0.3) is 0 Å². The van der Waals surface area contributed by atoms with Gasteiger partial charge in [-0.25, -0.2) is 4.79 Å². The van der Waals surface area contributed by atoms with Crippen molar-refractivity contribution in [3.63, 3.8) is 0 Å². The van der Waals surface area contributed by atoms with Crippen molar-refractivity contribution in [3.8, 4) is 11.5 Å². The van der Waals surface area contributed by atoms with Crippen molar-refractivity contribution >= 4 is 22.7 Å². The summed E-state index contributed by atoms with van der Waals surface area (Å²) in [4.78, 5) is 25.8. The Morgan fingerprint density at radius 1 is 0.925 bits per heavy atom. The molecule has 0 aliphatic carbocycles. The summed E-state index contributed by atoms with van der Waals surface area (Å²) in [6.45, 7) is 7.68. The van der Waals surface area contributed by atoms with Gasteiger partial charge in [-0.05, 0) is 57.0 Å². The molecule has 0 aliphatic heterocycles. The van der Waals surface area contributed by atoms with Gasteiger partial charge in [0.2, 0.25) is 0 Å². The summed E-state index contributed by atoms with van der Waals surface area (Å²) in [6.07, 6.45) is -5.22. The summed E-state index contributed by atoms with van der Waals surface area (Å²) in [6, 6.07) is 18.2. The van der Waals surface area contributed by atoms with Crippen LogP contribution in [0.15, 0.2) is 66.7 Å². The Bertz CT molecular complexity index is 1520. The molecule has 0 saturated heterocycles. The van der Waals surface area contributed by atoms with Crippen molar-refractivity contribution in [2.75, 3.05) is 6.61 Å². The van der Waals surface area contributed by atoms with Gasteiger partial charge in [-0.2, -0.15) is 0 Å². The number of rotatable bonds is 10. The van der Waals surface area contributed by atoms with Crippen molar-refractivity contribution in [1.29, 1.82) is 0 Å². The molecule has 3 aromatic carbocycles. The third kappa shape index (κ3) is 6.47. The van der Waals surface area contributed by atoms with Crippen molar-refractivity contribution < 1.29 is 37.0 Å². The number of aryl methyl sites for hydroxylation is 1. The van der Waals surface area contributed by atoms with E-state index in [4.69, 9.17) is 9.47 Å². The fraction of sp³-hybridized carbons (Fsp3) is 0.290. The second kappa shape index (κ2) is 11.9. The first-order valence-electron chi connectivity index (χ1n) is 12.9. The van der Waals surface area contributed by atoms with E-state index in [9.17, 15) is 22.8 Å². The van der Waals surface area contributed by atoms with E-state index in [2.05, 4.69) is 4.74 Å². The first kappa shape index (κ1) is 28.7. The summed E-state index contributed by atoms with van der Waals surface area (Å²) in [7, 11) is 0. The highest BCUT2D eigenvalue weighted by molar-refractivity contribution is 6.17. The lowest BCUT2D eigenvalue weighted by atomic mass is 9.99. The molecule has 0 spiro atoms. The van der Waals surface area contributed by atoms with Crippen LogP contribution in [0.2, 0.25) is 0 Å². The van der Waals surface area contributed by atoms with Gasteiger partial charge >= 0.3 is 12.3 Å². The average Bonchev–Trinajstić information content (AvgIpc) is 3.17. The van der Waals surface area contributed by atoms with Crippen LogP contribution in [0.25, 0.3) is 10.9 Å². The smallest absolute Gasteiger partial charge is 0.479 e. The quantitative estimate of drug-likeness (QED) is 0.154. The number of carbonyl (C=O) groups is 2. The van der Waals surface area contributed by atoms with Crippen LogP contribution in [0.1, 0.15) is 53.0 Å². The number of benzene rings is 3. The number of halogens is 3. The van der Waals surface area contributed by atoms with Gasteiger partial charge in [0.05, 0.1) is 17.7 Å². The molecular formula is C31H30F3NO5. The van der Waals surface area contributed by atoms with Gasteiger partial charge in [0.15, 0.2) is 11.9 Å². The van der Waals surface area contributed by atoms with E-state index in [0.29, 0.717) is 39.9 Å². The number of nitrogens with zero attached hydrogens (tertiary/aromatic N) is 1. The normalized spacial score (nSPS) is 12.3. The molecule has 4 aromatic rings. The highest BCUT2D eigenvalue weighted by Crippen LogP contribution is 2.34. The minimum Gasteiger partial charge on any atom is -0.479 e. The number of fused-ring (bicyclic) bond motifs is 1. The van der Waals surface area contributed by atoms with Gasteiger partial charge in [-0.3, -0.25) is 4.79 Å². The molecule has 0 aliphatic rings. The van der Waals surface area contributed by atoms with Crippen LogP contribution < -0.4 is 9.47 Å². The molecule has 0 saturated carbocycles. The van der Waals surface area contributed by atoms with Gasteiger partial charge < -0.3 is 18.8 Å². The van der Waals surface area contributed by atoms with E-state index in [-0.39, 0.29) is 24.7 Å². The van der Waals surface area contributed by atoms with E-state index in [0.717, 1.165) is 11.1 Å². The van der Waals surface area contributed by atoms with Crippen molar-refractivity contribution in [2.24, 2.45) is 0 Å². The molecular weight excluding hydrogens is 523 g/mol. The first-order valence-corrected chi connectivity index (χ1v) is 12.9. The van der Waals surface area contributed by atoms with Crippen LogP contribution in [-0.2, 0) is 16.1 Å². The Kier molecular flexibility index (Phi) is 8.52. The number of ketones is 1. The van der Waals surface area contributed by atoms with Crippen LogP contribution in [0.3, 0.4) is 0 Å². The standard InChI is InChI=1S/C31H30F3NO5/c1-5-27(30(37)38-6-2)39-23-9-7-8-21(16-23)18-35-20(4)28(29(36)22-12-10-19(3)11-13-22)25-15-14-24(17-26(25)35)40-31(32,33)34/h7-17,27H,5-6,18H2,1-4H3. The zero-order valence-corrected chi connectivity index (χ0v) is 22.7. The lowest BCUT2D eigenvalue weighted by Gasteiger charge is -2.17. The number of hydrogen-bond donors (Lipinski definition) is 0. The van der Waals surface area contributed by atoms with E-state index in [1.165, 1.54) is 18.2 Å². The lowest BCUT2D eigenvalue weighted by molar-refractivity contribution is -0.274. The van der Waals surface area contributed by atoms with E-state index < -0.39 is 18.4 Å². The van der Waals surface area contributed by atoms with Crippen LogP contribution in [0.5, 0.6) is 11.5 Å². The number of alkyl halides is 3. The van der Waals surface area contributed by atoms with Crippen LogP contribution in [0.4, 0.5) is 13.2 Å². The molecule has 1 atom stereocenters. The molecule has 1 heterocycles. The molecule has 0 bridgehead atoms. The Hall–Kier alpha value is -4.27. The monoisotopic (exact) mass is 553 g/mol. The lowest BCUT2D eigenvalue weighted by Crippen LogP contribution is -2.28. The van der Waals surface area contributed by atoms with Crippen LogP contribution in [0, 0.1) is 13.8 Å². The molecule has 4 rings (SSSR count). The van der Waals surface area contributed by atoms with Crippen molar-refractivity contribution in [1.82, 2.24) is 4.57 Å². The third-order valence-corrected chi connectivity index (χ3v) is 6.51. The van der Waals surface area contributed by atoms with Crippen molar-refractivity contribution in [2.45, 2.75) is 53.1 Å². The minimum atomic E-state index is -4.86. The maximum absolute atomic E-state index is 13.6. The van der Waals surface area contributed by atoms with Crippen LogP contribution in [-0.4, -0.2) is 35.4 Å². The van der Waals surface area contributed by atoms with Crippen LogP contribution >= 0.6 is 0 Å². The maximum Gasteiger partial charge on any atom is 0.573 e. The zero-order valence-electron chi connectivity index (χ0n) is 22.7. The molecule has 6 nitrogen and oxygen atoms in total. The summed E-state index contributed by atoms with van der Waals surface area (Å²) in [5.41, 5.74) is 3.64. The first-order chi connectivity index (χ1) is 19.0. The topological polar surface area (TPSA) is 66.8 Å². The van der Waals surface area contributed by atoms with E-state index in [1.807, 2.05) is 32.0 Å². The zero-order chi connectivity index (χ0) is 29.0. The number of carbonyl (C=O) groups excluding carboxylic acids is 2.